The highest BCUT2D eigenvalue weighted by atomic mass is 28.3. The molecule has 1 aliphatic heterocycles. The zero-order valence-corrected chi connectivity index (χ0v) is 18.2. The minimum Gasteiger partial charge on any atom is -0.306 e. The average Bonchev–Trinajstić information content (AvgIpc) is 2.57. The number of rotatable bonds is 7. The molecule has 1 saturated heterocycles. The number of hydrogen-bond donors (Lipinski definition) is 0. The highest BCUT2D eigenvalue weighted by Crippen LogP contribution is 2.28. The smallest absolute Gasteiger partial charge is 0.0946 e. The molecule has 0 amide bonds. The topological polar surface area (TPSA) is 3.24 Å². The molecule has 24 heavy (non-hydrogen) atoms. The van der Waals surface area contributed by atoms with Gasteiger partial charge >= 0.3 is 0 Å². The molecule has 1 fully saturated rings. The Hall–Kier alpha value is -0.0831. The van der Waals surface area contributed by atoms with Gasteiger partial charge < -0.3 is 4.90 Å². The molecule has 0 aromatic heterocycles. The predicted molar refractivity (Wildman–Crippen MR) is 113 cm³/mol. The molecule has 0 unspecified atom stereocenters. The lowest BCUT2D eigenvalue weighted by atomic mass is 10.1. The quantitative estimate of drug-likeness (QED) is 0.441. The lowest BCUT2D eigenvalue weighted by molar-refractivity contribution is 0.295. The van der Waals surface area contributed by atoms with E-state index in [1.165, 1.54) is 108 Å². The third-order valence-corrected chi connectivity index (χ3v) is 11.9. The third kappa shape index (κ3) is 8.34. The molecule has 0 N–H and O–H groups in total. The van der Waals surface area contributed by atoms with Crippen LogP contribution in [0.4, 0.5) is 0 Å². The fourth-order valence-corrected chi connectivity index (χ4v) is 9.36. The molecule has 0 bridgehead atoms. The Morgan fingerprint density at radius 3 is 1.46 bits per heavy atom. The van der Waals surface area contributed by atoms with Gasteiger partial charge in [-0.3, -0.25) is 0 Å². The first-order valence-corrected chi connectivity index (χ1v) is 13.6. The average molecular weight is 352 g/mol. The Labute approximate surface area is 154 Å². The van der Waals surface area contributed by atoms with E-state index >= 15 is 0 Å². The van der Waals surface area contributed by atoms with Crippen molar-refractivity contribution in [2.75, 3.05) is 19.3 Å². The minimum atomic E-state index is -1.33. The van der Waals surface area contributed by atoms with Gasteiger partial charge in [-0.05, 0) is 39.0 Å². The van der Waals surface area contributed by atoms with Crippen LogP contribution in [0.2, 0.25) is 12.1 Å². The van der Waals surface area contributed by atoms with Crippen molar-refractivity contribution >= 4 is 8.07 Å². The summed E-state index contributed by atoms with van der Waals surface area (Å²) in [5, 5.41) is 1.56. The Bertz CT molecular complexity index is 306. The first-order chi connectivity index (χ1) is 11.6. The zero-order valence-electron chi connectivity index (χ0n) is 17.2. The summed E-state index contributed by atoms with van der Waals surface area (Å²) >= 11 is 0. The van der Waals surface area contributed by atoms with Gasteiger partial charge in [-0.25, -0.2) is 0 Å². The maximum atomic E-state index is 4.48. The van der Waals surface area contributed by atoms with Gasteiger partial charge in [-0.2, -0.15) is 0 Å². The lowest BCUT2D eigenvalue weighted by Crippen LogP contribution is -2.49. The van der Waals surface area contributed by atoms with Crippen LogP contribution in [0.15, 0.2) is 11.8 Å². The summed E-state index contributed by atoms with van der Waals surface area (Å²) in [4.78, 5) is 2.87. The second-order valence-electron chi connectivity index (χ2n) is 8.37. The molecular formula is C22H45NSi. The summed E-state index contributed by atoms with van der Waals surface area (Å²) in [7, 11) is -1.33. The van der Waals surface area contributed by atoms with Crippen molar-refractivity contribution in [1.29, 1.82) is 0 Å². The lowest BCUT2D eigenvalue weighted by Gasteiger charge is -2.38. The molecule has 0 spiro atoms. The monoisotopic (exact) mass is 351 g/mol. The molecule has 1 heterocycles. The molecule has 0 radical (unpaired) electrons. The van der Waals surface area contributed by atoms with Crippen molar-refractivity contribution in [2.45, 2.75) is 110 Å². The summed E-state index contributed by atoms with van der Waals surface area (Å²) in [6, 6.07) is 2.90. The fraction of sp³-hybridized carbons (Fsp3) is 0.909. The maximum Gasteiger partial charge on any atom is 0.0946 e. The van der Waals surface area contributed by atoms with E-state index in [2.05, 4.69) is 32.3 Å². The Kier molecular flexibility index (Phi) is 12.0. The van der Waals surface area contributed by atoms with Gasteiger partial charge in [0, 0.05) is 0 Å². The molecule has 0 saturated carbocycles. The van der Waals surface area contributed by atoms with E-state index in [4.69, 9.17) is 0 Å². The van der Waals surface area contributed by atoms with Crippen LogP contribution >= 0.6 is 0 Å². The van der Waals surface area contributed by atoms with E-state index in [9.17, 15) is 0 Å². The largest absolute Gasteiger partial charge is 0.306 e. The molecule has 0 atom stereocenters. The number of hydrogen-bond acceptors (Lipinski definition) is 1. The molecular weight excluding hydrogens is 306 g/mol. The SMILES string of the molecule is C=C(C)[Si](CCC)(CCC)CN1CCCCCCCCCCCC1. The van der Waals surface area contributed by atoms with Crippen molar-refractivity contribution < 1.29 is 0 Å². The van der Waals surface area contributed by atoms with Crippen molar-refractivity contribution in [3.8, 4) is 0 Å². The van der Waals surface area contributed by atoms with Crippen molar-refractivity contribution in [1.82, 2.24) is 4.90 Å². The first-order valence-electron chi connectivity index (χ1n) is 11.0. The maximum absolute atomic E-state index is 4.48. The molecule has 0 aliphatic carbocycles. The zero-order chi connectivity index (χ0) is 17.7. The predicted octanol–water partition coefficient (Wildman–Crippen LogP) is 7.13. The third-order valence-electron chi connectivity index (χ3n) is 6.09. The Balaban J connectivity index is 2.68. The summed E-state index contributed by atoms with van der Waals surface area (Å²) in [5.41, 5.74) is 0. The van der Waals surface area contributed by atoms with Crippen LogP contribution in [0.1, 0.15) is 97.8 Å². The first kappa shape index (κ1) is 22.0. The highest BCUT2D eigenvalue weighted by molar-refractivity contribution is 6.86. The summed E-state index contributed by atoms with van der Waals surface area (Å²) in [5.74, 6) is 0. The van der Waals surface area contributed by atoms with Gasteiger partial charge in [0.25, 0.3) is 0 Å². The second kappa shape index (κ2) is 13.2. The van der Waals surface area contributed by atoms with Crippen LogP contribution in [-0.4, -0.2) is 32.2 Å². The van der Waals surface area contributed by atoms with Gasteiger partial charge in [0.05, 0.1) is 8.07 Å². The minimum absolute atomic E-state index is 1.33. The van der Waals surface area contributed by atoms with Crippen molar-refractivity contribution in [2.24, 2.45) is 0 Å². The van der Waals surface area contributed by atoms with E-state index in [1.807, 2.05) is 0 Å². The fourth-order valence-electron chi connectivity index (χ4n) is 4.58. The van der Waals surface area contributed by atoms with E-state index in [0.29, 0.717) is 0 Å². The van der Waals surface area contributed by atoms with Gasteiger partial charge in [0.15, 0.2) is 0 Å². The molecule has 1 rings (SSSR count). The van der Waals surface area contributed by atoms with Gasteiger partial charge in [-0.15, -0.1) is 6.58 Å². The van der Waals surface area contributed by atoms with E-state index < -0.39 is 8.07 Å². The van der Waals surface area contributed by atoms with Crippen LogP contribution in [0.5, 0.6) is 0 Å². The molecule has 0 aromatic rings. The van der Waals surface area contributed by atoms with Crippen LogP contribution in [-0.2, 0) is 0 Å². The molecule has 1 aliphatic rings. The van der Waals surface area contributed by atoms with Crippen molar-refractivity contribution in [3.63, 3.8) is 0 Å². The standard InChI is InChI=1S/C22H45NSi/c1-5-19-24(20-6-2,22(3)4)21-23-17-15-13-11-9-7-8-10-12-14-16-18-23/h3,5-21H2,1-2,4H3. The van der Waals surface area contributed by atoms with Crippen LogP contribution in [0.25, 0.3) is 0 Å². The van der Waals surface area contributed by atoms with E-state index in [-0.39, 0.29) is 0 Å². The summed E-state index contributed by atoms with van der Waals surface area (Å²) < 4.78 is 0. The van der Waals surface area contributed by atoms with E-state index in [1.54, 1.807) is 5.20 Å². The van der Waals surface area contributed by atoms with Gasteiger partial charge in [-0.1, -0.05) is 95.3 Å². The van der Waals surface area contributed by atoms with Crippen LogP contribution in [0, 0.1) is 0 Å². The Morgan fingerprint density at radius 2 is 1.12 bits per heavy atom. The number of allylic oxidation sites excluding steroid dienone is 1. The van der Waals surface area contributed by atoms with Crippen molar-refractivity contribution in [3.05, 3.63) is 11.8 Å². The molecule has 2 heteroatoms. The molecule has 142 valence electrons. The molecule has 0 aromatic carbocycles. The summed E-state index contributed by atoms with van der Waals surface area (Å²) in [6.45, 7) is 14.3. The Morgan fingerprint density at radius 1 is 0.750 bits per heavy atom. The highest BCUT2D eigenvalue weighted by Gasteiger charge is 2.33. The van der Waals surface area contributed by atoms with Crippen LogP contribution < -0.4 is 0 Å². The summed E-state index contributed by atoms with van der Waals surface area (Å²) in [6.07, 6.45) is 18.6. The normalized spacial score (nSPS) is 20.0. The van der Waals surface area contributed by atoms with E-state index in [0.717, 1.165) is 0 Å². The van der Waals surface area contributed by atoms with Gasteiger partial charge in [0.2, 0.25) is 0 Å². The molecule has 1 nitrogen and oxygen atoms in total. The van der Waals surface area contributed by atoms with Crippen LogP contribution in [0.3, 0.4) is 0 Å². The number of nitrogens with zero attached hydrogens (tertiary/aromatic N) is 1. The van der Waals surface area contributed by atoms with Gasteiger partial charge in [0.1, 0.15) is 0 Å². The second-order valence-corrected chi connectivity index (χ2v) is 13.1.